The van der Waals surface area contributed by atoms with Crippen LogP contribution in [0.4, 0.5) is 0 Å². The fourth-order valence-corrected chi connectivity index (χ4v) is 3.06. The Morgan fingerprint density at radius 3 is 2.80 bits per heavy atom. The van der Waals surface area contributed by atoms with E-state index in [0.717, 1.165) is 9.75 Å². The third-order valence-electron chi connectivity index (χ3n) is 2.39. The van der Waals surface area contributed by atoms with Crippen LogP contribution in [0.1, 0.15) is 26.3 Å². The van der Waals surface area contributed by atoms with Crippen LogP contribution in [0.2, 0.25) is 0 Å². The first-order chi connectivity index (χ1) is 7.16. The number of thiophene rings is 1. The minimum absolute atomic E-state index is 0.386. The highest BCUT2D eigenvalue weighted by atomic mass is 32.1. The summed E-state index contributed by atoms with van der Waals surface area (Å²) in [7, 11) is 0. The highest BCUT2D eigenvalue weighted by molar-refractivity contribution is 7.12. The lowest BCUT2D eigenvalue weighted by Gasteiger charge is -2.05. The minimum atomic E-state index is -0.386. The Kier molecular flexibility index (Phi) is 3.19. The predicted octanol–water partition coefficient (Wildman–Crippen LogP) is 3.10. The summed E-state index contributed by atoms with van der Waals surface area (Å²) >= 11 is 3.27. The van der Waals surface area contributed by atoms with E-state index in [4.69, 9.17) is 0 Å². The Morgan fingerprint density at radius 1 is 1.47 bits per heavy atom. The van der Waals surface area contributed by atoms with Gasteiger partial charge in [0.1, 0.15) is 0 Å². The van der Waals surface area contributed by atoms with Crippen molar-refractivity contribution in [2.75, 3.05) is 0 Å². The Hall–Kier alpha value is -0.710. The molecule has 0 aliphatic heterocycles. The van der Waals surface area contributed by atoms with Crippen molar-refractivity contribution >= 4 is 22.7 Å². The zero-order valence-electron chi connectivity index (χ0n) is 8.73. The second kappa shape index (κ2) is 4.43. The molecule has 0 spiro atoms. The lowest BCUT2D eigenvalue weighted by Crippen LogP contribution is -1.97. The molecule has 2 heterocycles. The van der Waals surface area contributed by atoms with Crippen LogP contribution < -0.4 is 0 Å². The standard InChI is InChI=1S/C11H13NOS2/c1-7-3-11(15-8(7)2)10(13)4-9-5-12-6-14-9/h3,5-6,10,13H,4H2,1-2H3. The van der Waals surface area contributed by atoms with Crippen LogP contribution in [0.15, 0.2) is 17.8 Å². The van der Waals surface area contributed by atoms with Crippen LogP contribution in [0, 0.1) is 13.8 Å². The second-order valence-corrected chi connectivity index (χ2v) is 5.83. The number of rotatable bonds is 3. The van der Waals surface area contributed by atoms with Gasteiger partial charge in [-0.1, -0.05) is 0 Å². The summed E-state index contributed by atoms with van der Waals surface area (Å²) in [6.45, 7) is 4.16. The molecule has 4 heteroatoms. The zero-order valence-corrected chi connectivity index (χ0v) is 10.4. The number of hydrogen-bond donors (Lipinski definition) is 1. The first-order valence-corrected chi connectivity index (χ1v) is 6.49. The van der Waals surface area contributed by atoms with Gasteiger partial charge in [-0.2, -0.15) is 0 Å². The van der Waals surface area contributed by atoms with Crippen LogP contribution >= 0.6 is 22.7 Å². The van der Waals surface area contributed by atoms with Gasteiger partial charge in [0, 0.05) is 27.2 Å². The van der Waals surface area contributed by atoms with Crippen molar-refractivity contribution in [2.24, 2.45) is 0 Å². The summed E-state index contributed by atoms with van der Waals surface area (Å²) in [5.41, 5.74) is 3.06. The van der Waals surface area contributed by atoms with Crippen molar-refractivity contribution in [1.29, 1.82) is 0 Å². The van der Waals surface area contributed by atoms with E-state index in [1.54, 1.807) is 28.2 Å². The first-order valence-electron chi connectivity index (χ1n) is 4.79. The quantitative estimate of drug-likeness (QED) is 0.893. The molecule has 1 N–H and O–H groups in total. The molecular weight excluding hydrogens is 226 g/mol. The normalized spacial score (nSPS) is 13.0. The lowest BCUT2D eigenvalue weighted by molar-refractivity contribution is 0.183. The van der Waals surface area contributed by atoms with Crippen molar-refractivity contribution in [2.45, 2.75) is 26.4 Å². The van der Waals surface area contributed by atoms with E-state index < -0.39 is 0 Å². The summed E-state index contributed by atoms with van der Waals surface area (Å²) in [5, 5.41) is 10.0. The number of hydrogen-bond acceptors (Lipinski definition) is 4. The highest BCUT2D eigenvalue weighted by Gasteiger charge is 2.13. The average molecular weight is 239 g/mol. The Morgan fingerprint density at radius 2 is 2.27 bits per heavy atom. The molecule has 2 rings (SSSR count). The van der Waals surface area contributed by atoms with Crippen LogP contribution in [0.5, 0.6) is 0 Å². The number of aliphatic hydroxyl groups is 1. The zero-order chi connectivity index (χ0) is 10.8. The molecule has 0 saturated carbocycles. The molecule has 0 saturated heterocycles. The molecule has 1 atom stereocenters. The molecule has 0 aromatic carbocycles. The minimum Gasteiger partial charge on any atom is -0.387 e. The predicted molar refractivity (Wildman–Crippen MR) is 64.6 cm³/mol. The lowest BCUT2D eigenvalue weighted by atomic mass is 10.2. The third-order valence-corrected chi connectivity index (χ3v) is 4.45. The largest absolute Gasteiger partial charge is 0.387 e. The number of thiazole rings is 1. The van der Waals surface area contributed by atoms with E-state index in [2.05, 4.69) is 24.9 Å². The average Bonchev–Trinajstić information content (AvgIpc) is 2.78. The summed E-state index contributed by atoms with van der Waals surface area (Å²) in [6.07, 6.45) is 2.11. The molecule has 0 radical (unpaired) electrons. The summed E-state index contributed by atoms with van der Waals surface area (Å²) in [5.74, 6) is 0. The van der Waals surface area contributed by atoms with E-state index in [9.17, 15) is 5.11 Å². The van der Waals surface area contributed by atoms with Crippen molar-refractivity contribution in [3.63, 3.8) is 0 Å². The molecule has 0 bridgehead atoms. The second-order valence-electron chi connectivity index (χ2n) is 3.58. The van der Waals surface area contributed by atoms with Gasteiger partial charge in [0.2, 0.25) is 0 Å². The van der Waals surface area contributed by atoms with Gasteiger partial charge >= 0.3 is 0 Å². The molecule has 0 fully saturated rings. The molecule has 2 aromatic heterocycles. The van der Waals surface area contributed by atoms with Gasteiger partial charge in [0.25, 0.3) is 0 Å². The van der Waals surface area contributed by atoms with E-state index >= 15 is 0 Å². The number of aromatic nitrogens is 1. The van der Waals surface area contributed by atoms with E-state index in [1.807, 2.05) is 6.20 Å². The van der Waals surface area contributed by atoms with Gasteiger partial charge < -0.3 is 5.11 Å². The van der Waals surface area contributed by atoms with Gasteiger partial charge in [-0.05, 0) is 25.5 Å². The van der Waals surface area contributed by atoms with Crippen molar-refractivity contribution in [3.05, 3.63) is 38.0 Å². The Bertz CT molecular complexity index is 414. The fourth-order valence-electron chi connectivity index (χ4n) is 1.40. The van der Waals surface area contributed by atoms with Crippen molar-refractivity contribution < 1.29 is 5.11 Å². The Labute approximate surface area is 97.2 Å². The van der Waals surface area contributed by atoms with Gasteiger partial charge in [0.05, 0.1) is 11.6 Å². The van der Waals surface area contributed by atoms with Crippen LogP contribution in [0.3, 0.4) is 0 Å². The van der Waals surface area contributed by atoms with E-state index in [-0.39, 0.29) is 6.10 Å². The molecule has 2 nitrogen and oxygen atoms in total. The third kappa shape index (κ3) is 2.45. The maximum Gasteiger partial charge on any atom is 0.0930 e. The highest BCUT2D eigenvalue weighted by Crippen LogP contribution is 2.29. The summed E-state index contributed by atoms with van der Waals surface area (Å²) in [6, 6.07) is 2.08. The van der Waals surface area contributed by atoms with Crippen molar-refractivity contribution in [1.82, 2.24) is 4.98 Å². The summed E-state index contributed by atoms with van der Waals surface area (Å²) < 4.78 is 0. The van der Waals surface area contributed by atoms with Gasteiger partial charge in [0.15, 0.2) is 0 Å². The van der Waals surface area contributed by atoms with Crippen LogP contribution in [0.25, 0.3) is 0 Å². The molecule has 0 aliphatic rings. The van der Waals surface area contributed by atoms with Crippen LogP contribution in [-0.2, 0) is 6.42 Å². The fraction of sp³-hybridized carbons (Fsp3) is 0.364. The smallest absolute Gasteiger partial charge is 0.0930 e. The van der Waals surface area contributed by atoms with Gasteiger partial charge in [-0.3, -0.25) is 4.98 Å². The molecule has 80 valence electrons. The molecule has 2 aromatic rings. The molecular formula is C11H13NOS2. The SMILES string of the molecule is Cc1cc(C(O)Cc2cncs2)sc1C. The summed E-state index contributed by atoms with van der Waals surface area (Å²) in [4.78, 5) is 7.47. The molecule has 1 unspecified atom stereocenters. The monoisotopic (exact) mass is 239 g/mol. The molecule has 15 heavy (non-hydrogen) atoms. The topological polar surface area (TPSA) is 33.1 Å². The molecule has 0 amide bonds. The molecule has 0 aliphatic carbocycles. The number of nitrogens with zero attached hydrogens (tertiary/aromatic N) is 1. The number of aryl methyl sites for hydroxylation is 2. The Balaban J connectivity index is 2.11. The number of aliphatic hydroxyl groups excluding tert-OH is 1. The van der Waals surface area contributed by atoms with E-state index in [1.165, 1.54) is 10.4 Å². The van der Waals surface area contributed by atoms with Crippen LogP contribution in [-0.4, -0.2) is 10.1 Å². The van der Waals surface area contributed by atoms with Gasteiger partial charge in [-0.25, -0.2) is 0 Å². The van der Waals surface area contributed by atoms with E-state index in [0.29, 0.717) is 6.42 Å². The van der Waals surface area contributed by atoms with Crippen molar-refractivity contribution in [3.8, 4) is 0 Å². The first kappa shape index (κ1) is 10.8. The maximum atomic E-state index is 10.0. The van der Waals surface area contributed by atoms with Gasteiger partial charge in [-0.15, -0.1) is 22.7 Å². The maximum absolute atomic E-state index is 10.0.